The predicted molar refractivity (Wildman–Crippen MR) is 92.1 cm³/mol. The van der Waals surface area contributed by atoms with E-state index >= 15 is 0 Å². The minimum Gasteiger partial charge on any atom is -0.335 e. The van der Waals surface area contributed by atoms with Gasteiger partial charge in [0, 0.05) is 38.8 Å². The lowest BCUT2D eigenvalue weighted by atomic mass is 10.1. The van der Waals surface area contributed by atoms with E-state index in [9.17, 15) is 4.79 Å². The standard InChI is InChI=1S/C16H18Cl2N4O/c1-20-5-7-22(8-6-20)16(23)14-10-15(21(2)19-14)11-3-4-12(17)13(18)9-11/h3-4,9-10H,5-8H2,1-2H3. The summed E-state index contributed by atoms with van der Waals surface area (Å²) < 4.78 is 1.70. The first kappa shape index (κ1) is 16.3. The smallest absolute Gasteiger partial charge is 0.274 e. The number of benzene rings is 1. The van der Waals surface area contributed by atoms with Crippen molar-refractivity contribution in [3.8, 4) is 11.3 Å². The zero-order chi connectivity index (χ0) is 16.6. The van der Waals surface area contributed by atoms with Crippen LogP contribution in [-0.4, -0.2) is 58.7 Å². The first-order chi connectivity index (χ1) is 11.0. The van der Waals surface area contributed by atoms with E-state index < -0.39 is 0 Å². The summed E-state index contributed by atoms with van der Waals surface area (Å²) in [6, 6.07) is 7.20. The van der Waals surface area contributed by atoms with Gasteiger partial charge in [-0.1, -0.05) is 29.3 Å². The van der Waals surface area contributed by atoms with Crippen LogP contribution in [0, 0.1) is 0 Å². The quantitative estimate of drug-likeness (QED) is 0.834. The van der Waals surface area contributed by atoms with Crippen molar-refractivity contribution in [2.75, 3.05) is 33.2 Å². The predicted octanol–water partition coefficient (Wildman–Crippen LogP) is 2.78. The molecule has 1 aromatic heterocycles. The third kappa shape index (κ3) is 3.37. The summed E-state index contributed by atoms with van der Waals surface area (Å²) in [6.07, 6.45) is 0. The number of aromatic nitrogens is 2. The molecule has 5 nitrogen and oxygen atoms in total. The zero-order valence-corrected chi connectivity index (χ0v) is 14.6. The molecule has 0 atom stereocenters. The molecule has 3 rings (SSSR count). The number of piperazine rings is 1. The Labute approximate surface area is 145 Å². The van der Waals surface area contributed by atoms with Gasteiger partial charge < -0.3 is 9.80 Å². The summed E-state index contributed by atoms with van der Waals surface area (Å²) in [5, 5.41) is 5.36. The summed E-state index contributed by atoms with van der Waals surface area (Å²) in [4.78, 5) is 16.7. The summed E-state index contributed by atoms with van der Waals surface area (Å²) in [7, 11) is 3.88. The summed E-state index contributed by atoms with van der Waals surface area (Å²) in [6.45, 7) is 3.23. The largest absolute Gasteiger partial charge is 0.335 e. The number of hydrogen-bond acceptors (Lipinski definition) is 3. The maximum Gasteiger partial charge on any atom is 0.274 e. The Morgan fingerprint density at radius 2 is 1.74 bits per heavy atom. The van der Waals surface area contributed by atoms with Crippen LogP contribution in [0.2, 0.25) is 10.0 Å². The maximum atomic E-state index is 12.6. The van der Waals surface area contributed by atoms with Gasteiger partial charge in [0.2, 0.25) is 0 Å². The van der Waals surface area contributed by atoms with E-state index in [2.05, 4.69) is 17.0 Å². The number of amides is 1. The number of nitrogens with zero attached hydrogens (tertiary/aromatic N) is 4. The number of carbonyl (C=O) groups excluding carboxylic acids is 1. The van der Waals surface area contributed by atoms with Crippen molar-refractivity contribution in [2.24, 2.45) is 7.05 Å². The maximum absolute atomic E-state index is 12.6. The number of halogens is 2. The Morgan fingerprint density at radius 1 is 1.04 bits per heavy atom. The molecule has 7 heteroatoms. The van der Waals surface area contributed by atoms with Crippen LogP contribution >= 0.6 is 23.2 Å². The lowest BCUT2D eigenvalue weighted by Crippen LogP contribution is -2.47. The molecule has 1 aliphatic rings. The van der Waals surface area contributed by atoms with Crippen molar-refractivity contribution < 1.29 is 4.79 Å². The van der Waals surface area contributed by atoms with E-state index in [1.165, 1.54) is 0 Å². The van der Waals surface area contributed by atoms with E-state index in [1.54, 1.807) is 22.9 Å². The SMILES string of the molecule is CN1CCN(C(=O)c2cc(-c3ccc(Cl)c(Cl)c3)n(C)n2)CC1. The molecule has 122 valence electrons. The van der Waals surface area contributed by atoms with Gasteiger partial charge in [0.15, 0.2) is 5.69 Å². The van der Waals surface area contributed by atoms with Crippen LogP contribution in [0.5, 0.6) is 0 Å². The van der Waals surface area contributed by atoms with Crippen molar-refractivity contribution >= 4 is 29.1 Å². The molecule has 2 aromatic rings. The monoisotopic (exact) mass is 352 g/mol. The van der Waals surface area contributed by atoms with Gasteiger partial charge >= 0.3 is 0 Å². The molecular weight excluding hydrogens is 335 g/mol. The molecule has 1 saturated heterocycles. The molecule has 1 aliphatic heterocycles. The second-order valence-corrected chi connectivity index (χ2v) is 6.58. The van der Waals surface area contributed by atoms with Crippen molar-refractivity contribution in [2.45, 2.75) is 0 Å². The molecule has 0 spiro atoms. The van der Waals surface area contributed by atoms with Crippen LogP contribution in [0.3, 0.4) is 0 Å². The minimum absolute atomic E-state index is 0.0278. The molecule has 0 saturated carbocycles. The van der Waals surface area contributed by atoms with Crippen LogP contribution in [0.1, 0.15) is 10.5 Å². The van der Waals surface area contributed by atoms with E-state index in [0.717, 1.165) is 37.4 Å². The summed E-state index contributed by atoms with van der Waals surface area (Å²) in [5.41, 5.74) is 2.17. The van der Waals surface area contributed by atoms with Crippen molar-refractivity contribution in [1.29, 1.82) is 0 Å². The van der Waals surface area contributed by atoms with E-state index in [4.69, 9.17) is 23.2 Å². The average molecular weight is 353 g/mol. The Morgan fingerprint density at radius 3 is 2.39 bits per heavy atom. The highest BCUT2D eigenvalue weighted by Crippen LogP contribution is 2.28. The fourth-order valence-corrected chi connectivity index (χ4v) is 2.97. The third-order valence-corrected chi connectivity index (χ3v) is 4.84. The van der Waals surface area contributed by atoms with Crippen molar-refractivity contribution in [1.82, 2.24) is 19.6 Å². The Hall–Kier alpha value is -1.56. The van der Waals surface area contributed by atoms with Gasteiger partial charge in [0.05, 0.1) is 15.7 Å². The van der Waals surface area contributed by atoms with Gasteiger partial charge in [-0.3, -0.25) is 9.48 Å². The number of rotatable bonds is 2. The fourth-order valence-electron chi connectivity index (χ4n) is 2.67. The van der Waals surface area contributed by atoms with Gasteiger partial charge in [-0.25, -0.2) is 0 Å². The van der Waals surface area contributed by atoms with Gasteiger partial charge in [0.1, 0.15) is 0 Å². The summed E-state index contributed by atoms with van der Waals surface area (Å²) in [5.74, 6) is -0.0278. The first-order valence-electron chi connectivity index (χ1n) is 7.43. The molecular formula is C16H18Cl2N4O. The average Bonchev–Trinajstić information content (AvgIpc) is 2.92. The second kappa shape index (κ2) is 6.51. The number of carbonyl (C=O) groups is 1. The van der Waals surface area contributed by atoms with Crippen LogP contribution in [0.4, 0.5) is 0 Å². The topological polar surface area (TPSA) is 41.4 Å². The number of aryl methyl sites for hydroxylation is 1. The third-order valence-electron chi connectivity index (χ3n) is 4.10. The molecule has 0 radical (unpaired) electrons. The van der Waals surface area contributed by atoms with Gasteiger partial charge in [-0.15, -0.1) is 0 Å². The summed E-state index contributed by atoms with van der Waals surface area (Å²) >= 11 is 12.0. The lowest BCUT2D eigenvalue weighted by Gasteiger charge is -2.31. The van der Waals surface area contributed by atoms with Crippen LogP contribution in [0.25, 0.3) is 11.3 Å². The number of likely N-dealkylation sites (N-methyl/N-ethyl adjacent to an activating group) is 1. The van der Waals surface area contributed by atoms with Crippen molar-refractivity contribution in [3.63, 3.8) is 0 Å². The highest BCUT2D eigenvalue weighted by Gasteiger charge is 2.23. The highest BCUT2D eigenvalue weighted by molar-refractivity contribution is 6.42. The molecule has 2 heterocycles. The second-order valence-electron chi connectivity index (χ2n) is 5.76. The molecule has 0 bridgehead atoms. The molecule has 0 unspecified atom stereocenters. The first-order valence-corrected chi connectivity index (χ1v) is 8.18. The molecule has 0 N–H and O–H groups in total. The zero-order valence-electron chi connectivity index (χ0n) is 13.1. The van der Waals surface area contributed by atoms with Crippen LogP contribution in [-0.2, 0) is 7.05 Å². The van der Waals surface area contributed by atoms with Crippen LogP contribution < -0.4 is 0 Å². The Kier molecular flexibility index (Phi) is 4.62. The van der Waals surface area contributed by atoms with Crippen LogP contribution in [0.15, 0.2) is 24.3 Å². The van der Waals surface area contributed by atoms with E-state index in [0.29, 0.717) is 15.7 Å². The fraction of sp³-hybridized carbons (Fsp3) is 0.375. The lowest BCUT2D eigenvalue weighted by molar-refractivity contribution is 0.0657. The Balaban J connectivity index is 1.85. The van der Waals surface area contributed by atoms with E-state index in [-0.39, 0.29) is 5.91 Å². The van der Waals surface area contributed by atoms with Gasteiger partial charge in [0.25, 0.3) is 5.91 Å². The molecule has 1 aromatic carbocycles. The minimum atomic E-state index is -0.0278. The molecule has 1 amide bonds. The molecule has 1 fully saturated rings. The molecule has 23 heavy (non-hydrogen) atoms. The highest BCUT2D eigenvalue weighted by atomic mass is 35.5. The Bertz CT molecular complexity index is 736. The van der Waals surface area contributed by atoms with Crippen molar-refractivity contribution in [3.05, 3.63) is 40.0 Å². The van der Waals surface area contributed by atoms with E-state index in [1.807, 2.05) is 18.0 Å². The van der Waals surface area contributed by atoms with Gasteiger partial charge in [-0.05, 0) is 25.2 Å². The molecule has 0 aliphatic carbocycles. The normalized spacial score (nSPS) is 15.9. The number of hydrogen-bond donors (Lipinski definition) is 0. The van der Waals surface area contributed by atoms with Gasteiger partial charge in [-0.2, -0.15) is 5.10 Å².